The number of nitrogens with zero attached hydrogens (tertiary/aromatic N) is 1. The van der Waals surface area contributed by atoms with E-state index in [4.69, 9.17) is 9.47 Å². The summed E-state index contributed by atoms with van der Waals surface area (Å²) in [6.45, 7) is 3.73. The van der Waals surface area contributed by atoms with E-state index >= 15 is 0 Å². The molecule has 0 aliphatic carbocycles. The molecule has 1 heterocycles. The first kappa shape index (κ1) is 20.0. The second-order valence-electron chi connectivity index (χ2n) is 6.17. The minimum atomic E-state index is -3.33. The van der Waals surface area contributed by atoms with Gasteiger partial charge in [0.25, 0.3) is 0 Å². The Bertz CT molecular complexity index is 836. The fourth-order valence-corrected chi connectivity index (χ4v) is 2.96. The molecule has 0 unspecified atom stereocenters. The lowest BCUT2D eigenvalue weighted by molar-refractivity contribution is 0.0958. The molecule has 0 spiro atoms. The molecular weight excluding hydrogens is 358 g/mol. The Labute approximate surface area is 153 Å². The Kier molecular flexibility index (Phi) is 6.09. The third-order valence-electron chi connectivity index (χ3n) is 3.89. The molecule has 1 N–H and O–H groups in total. The normalized spacial score (nSPS) is 15.3. The highest BCUT2D eigenvalue weighted by Crippen LogP contribution is 2.29. The number of carbonyl (C=O) groups excluding carboxylic acids is 1. The number of sulfone groups is 1. The molecule has 7 nitrogen and oxygen atoms in total. The Balaban J connectivity index is 2.21. The highest BCUT2D eigenvalue weighted by molar-refractivity contribution is 7.90. The van der Waals surface area contributed by atoms with Crippen LogP contribution in [0.4, 0.5) is 0 Å². The van der Waals surface area contributed by atoms with Gasteiger partial charge in [0.15, 0.2) is 33.1 Å². The maximum absolute atomic E-state index is 12.7. The first-order valence-electron chi connectivity index (χ1n) is 7.95. The molecule has 1 aliphatic heterocycles. The fraction of sp³-hybridized carbons (Fsp3) is 0.389. The van der Waals surface area contributed by atoms with Crippen molar-refractivity contribution in [2.75, 3.05) is 25.8 Å². The van der Waals surface area contributed by atoms with Gasteiger partial charge in [-0.05, 0) is 44.2 Å². The Morgan fingerprint density at radius 3 is 2.35 bits per heavy atom. The zero-order valence-corrected chi connectivity index (χ0v) is 16.0. The lowest BCUT2D eigenvalue weighted by atomic mass is 10.1. The summed E-state index contributed by atoms with van der Waals surface area (Å²) in [5.41, 5.74) is 1.95. The third-order valence-corrected chi connectivity index (χ3v) is 4.44. The molecule has 1 aliphatic rings. The van der Waals surface area contributed by atoms with Gasteiger partial charge >= 0.3 is 0 Å². The van der Waals surface area contributed by atoms with Gasteiger partial charge in [-0.15, -0.1) is 0 Å². The number of ketones is 1. The summed E-state index contributed by atoms with van der Waals surface area (Å²) in [6.07, 6.45) is 3.73. The van der Waals surface area contributed by atoms with Crippen molar-refractivity contribution < 1.29 is 27.8 Å². The van der Waals surface area contributed by atoms with E-state index < -0.39 is 21.9 Å². The van der Waals surface area contributed by atoms with Crippen LogP contribution in [-0.2, 0) is 9.84 Å². The van der Waals surface area contributed by atoms with Gasteiger partial charge in [0.2, 0.25) is 0 Å². The van der Waals surface area contributed by atoms with Crippen molar-refractivity contribution >= 4 is 15.6 Å². The second kappa shape index (κ2) is 7.92. The van der Waals surface area contributed by atoms with Crippen LogP contribution in [0.25, 0.3) is 0 Å². The largest absolute Gasteiger partial charge is 0.493 e. The van der Waals surface area contributed by atoms with Crippen LogP contribution in [-0.4, -0.2) is 56.2 Å². The number of aliphatic hydroxyl groups is 1. The summed E-state index contributed by atoms with van der Waals surface area (Å²) >= 11 is 0. The van der Waals surface area contributed by atoms with Gasteiger partial charge in [0, 0.05) is 23.2 Å². The van der Waals surface area contributed by atoms with Crippen LogP contribution in [0, 0.1) is 0 Å². The molecule has 26 heavy (non-hydrogen) atoms. The molecule has 0 radical (unpaired) electrons. The van der Waals surface area contributed by atoms with E-state index in [1.54, 1.807) is 29.2 Å². The van der Waals surface area contributed by atoms with Crippen LogP contribution in [0.5, 0.6) is 11.5 Å². The lowest BCUT2D eigenvalue weighted by Crippen LogP contribution is -2.30. The topological polar surface area (TPSA) is 93.1 Å². The number of carbonyl (C=O) groups is 1. The second-order valence-corrected chi connectivity index (χ2v) is 8.26. The first-order valence-corrected chi connectivity index (χ1v) is 10.0. The molecule has 0 atom stereocenters. The molecule has 0 aromatic heterocycles. The minimum Gasteiger partial charge on any atom is -0.493 e. The molecule has 1 aromatic carbocycles. The molecule has 8 heteroatoms. The van der Waals surface area contributed by atoms with Crippen LogP contribution in [0.2, 0.25) is 0 Å². The molecular formula is C18H23NO6S. The van der Waals surface area contributed by atoms with Gasteiger partial charge in [-0.25, -0.2) is 8.42 Å². The predicted octanol–water partition coefficient (Wildman–Crippen LogP) is 1.74. The molecule has 0 saturated carbocycles. The van der Waals surface area contributed by atoms with Crippen molar-refractivity contribution in [3.63, 3.8) is 0 Å². The van der Waals surface area contributed by atoms with Gasteiger partial charge in [0.05, 0.1) is 19.8 Å². The van der Waals surface area contributed by atoms with E-state index in [1.807, 2.05) is 13.8 Å². The van der Waals surface area contributed by atoms with Crippen molar-refractivity contribution in [1.29, 1.82) is 0 Å². The summed E-state index contributed by atoms with van der Waals surface area (Å²) in [5.74, 6) is -0.140. The highest BCUT2D eigenvalue weighted by atomic mass is 32.2. The van der Waals surface area contributed by atoms with E-state index in [0.717, 1.165) is 17.6 Å². The van der Waals surface area contributed by atoms with Crippen LogP contribution >= 0.6 is 0 Å². The molecule has 0 fully saturated rings. The number of ether oxygens (including phenoxy) is 2. The van der Waals surface area contributed by atoms with Crippen LogP contribution in [0.15, 0.2) is 41.7 Å². The zero-order chi connectivity index (χ0) is 19.5. The van der Waals surface area contributed by atoms with E-state index in [0.29, 0.717) is 11.3 Å². The van der Waals surface area contributed by atoms with Crippen LogP contribution < -0.4 is 9.47 Å². The number of hydrogen-bond donors (Lipinski definition) is 1. The average molecular weight is 381 g/mol. The van der Waals surface area contributed by atoms with Gasteiger partial charge in [-0.2, -0.15) is 0 Å². The number of Topliss-reactive ketones (excluding diaryl/α,β-unsaturated/α-hetero) is 1. The average Bonchev–Trinajstić information content (AvgIpc) is 2.55. The Hall–Kier alpha value is -2.32. The Morgan fingerprint density at radius 2 is 1.81 bits per heavy atom. The molecule has 142 valence electrons. The SMILES string of the molecule is COc1ccc(C(=O)CN2C(C)=CC(O)C=C2C)cc1OCS(C)(=O)=O. The molecule has 1 aromatic rings. The third kappa shape index (κ3) is 5.09. The van der Waals surface area contributed by atoms with Crippen molar-refractivity contribution in [2.45, 2.75) is 20.0 Å². The minimum absolute atomic E-state index is 0.0925. The maximum Gasteiger partial charge on any atom is 0.189 e. The van der Waals surface area contributed by atoms with Gasteiger partial charge in [-0.1, -0.05) is 0 Å². The molecule has 0 saturated heterocycles. The summed E-state index contributed by atoms with van der Waals surface area (Å²) in [4.78, 5) is 14.5. The molecule has 0 amide bonds. The number of allylic oxidation sites excluding steroid dienone is 2. The smallest absolute Gasteiger partial charge is 0.189 e. The summed E-state index contributed by atoms with van der Waals surface area (Å²) in [7, 11) is -1.90. The zero-order valence-electron chi connectivity index (χ0n) is 15.2. The van der Waals surface area contributed by atoms with Crippen molar-refractivity contribution in [3.05, 3.63) is 47.3 Å². The molecule has 0 bridgehead atoms. The Morgan fingerprint density at radius 1 is 1.19 bits per heavy atom. The summed E-state index contributed by atoms with van der Waals surface area (Å²) in [5, 5.41) is 9.69. The molecule has 2 rings (SSSR count). The number of rotatable bonds is 7. The van der Waals surface area contributed by atoms with E-state index in [9.17, 15) is 18.3 Å². The van der Waals surface area contributed by atoms with E-state index in [2.05, 4.69) is 0 Å². The monoisotopic (exact) mass is 381 g/mol. The fourth-order valence-electron chi connectivity index (χ4n) is 2.62. The number of benzene rings is 1. The van der Waals surface area contributed by atoms with Gasteiger partial charge in [0.1, 0.15) is 0 Å². The van der Waals surface area contributed by atoms with Crippen molar-refractivity contribution in [2.24, 2.45) is 0 Å². The van der Waals surface area contributed by atoms with E-state index in [1.165, 1.54) is 13.2 Å². The van der Waals surface area contributed by atoms with Crippen LogP contribution in [0.3, 0.4) is 0 Å². The number of methoxy groups -OCH3 is 1. The van der Waals surface area contributed by atoms with Gasteiger partial charge in [-0.3, -0.25) is 4.79 Å². The van der Waals surface area contributed by atoms with Gasteiger partial charge < -0.3 is 19.5 Å². The predicted molar refractivity (Wildman–Crippen MR) is 97.9 cm³/mol. The quantitative estimate of drug-likeness (QED) is 0.719. The van der Waals surface area contributed by atoms with Crippen LogP contribution in [0.1, 0.15) is 24.2 Å². The maximum atomic E-state index is 12.7. The first-order chi connectivity index (χ1) is 12.1. The standard InChI is InChI=1S/C18H23NO6S/c1-12-7-15(20)8-13(2)19(12)10-16(21)14-5-6-17(24-3)18(9-14)25-11-26(4,22)23/h5-9,15,20H,10-11H2,1-4H3. The number of aliphatic hydroxyl groups excluding tert-OH is 1. The van der Waals surface area contributed by atoms with Crippen molar-refractivity contribution in [3.8, 4) is 11.5 Å². The summed E-state index contributed by atoms with van der Waals surface area (Å²) < 4.78 is 33.1. The van der Waals surface area contributed by atoms with Crippen molar-refractivity contribution in [1.82, 2.24) is 4.90 Å². The summed E-state index contributed by atoms with van der Waals surface area (Å²) in [6, 6.07) is 4.64. The number of hydrogen-bond acceptors (Lipinski definition) is 7. The van der Waals surface area contributed by atoms with E-state index in [-0.39, 0.29) is 18.1 Å². The highest BCUT2D eigenvalue weighted by Gasteiger charge is 2.20. The lowest BCUT2D eigenvalue weighted by Gasteiger charge is -2.29.